The Hall–Kier alpha value is -3.41. The standard InChI is InChI=1S/C22H23NO5/c1-2-25-21-15-17(22(24)23-16-19-9-6-12-26-19)10-11-20(21)28-14-13-27-18-7-4-3-5-8-18/h3-12,15H,2,13-14,16H2,1H3,(H,23,24). The molecule has 0 saturated heterocycles. The lowest BCUT2D eigenvalue weighted by molar-refractivity contribution is 0.0947. The van der Waals surface area contributed by atoms with Crippen molar-refractivity contribution < 1.29 is 23.4 Å². The molecular formula is C22H23NO5. The van der Waals surface area contributed by atoms with Gasteiger partial charge in [-0.1, -0.05) is 18.2 Å². The molecule has 2 aromatic carbocycles. The van der Waals surface area contributed by atoms with Gasteiger partial charge in [-0.15, -0.1) is 0 Å². The van der Waals surface area contributed by atoms with Crippen LogP contribution in [0, 0.1) is 0 Å². The first-order valence-electron chi connectivity index (χ1n) is 9.14. The van der Waals surface area contributed by atoms with E-state index in [0.717, 1.165) is 5.75 Å². The van der Waals surface area contributed by atoms with E-state index < -0.39 is 0 Å². The van der Waals surface area contributed by atoms with Crippen molar-refractivity contribution >= 4 is 5.91 Å². The Balaban J connectivity index is 1.56. The third kappa shape index (κ3) is 5.54. The van der Waals surface area contributed by atoms with Crippen LogP contribution in [-0.4, -0.2) is 25.7 Å². The summed E-state index contributed by atoms with van der Waals surface area (Å²) in [4.78, 5) is 12.4. The van der Waals surface area contributed by atoms with Gasteiger partial charge in [0.05, 0.1) is 19.4 Å². The van der Waals surface area contributed by atoms with E-state index in [1.165, 1.54) is 0 Å². The molecule has 3 rings (SSSR count). The van der Waals surface area contributed by atoms with Crippen molar-refractivity contribution in [2.45, 2.75) is 13.5 Å². The maximum absolute atomic E-state index is 12.4. The summed E-state index contributed by atoms with van der Waals surface area (Å²) in [5.74, 6) is 2.36. The Labute approximate surface area is 164 Å². The van der Waals surface area contributed by atoms with E-state index in [9.17, 15) is 4.79 Å². The lowest BCUT2D eigenvalue weighted by Crippen LogP contribution is -2.22. The lowest BCUT2D eigenvalue weighted by Gasteiger charge is -2.14. The molecule has 0 radical (unpaired) electrons. The summed E-state index contributed by atoms with van der Waals surface area (Å²) < 4.78 is 22.2. The predicted molar refractivity (Wildman–Crippen MR) is 105 cm³/mol. The topological polar surface area (TPSA) is 69.9 Å². The van der Waals surface area contributed by atoms with E-state index >= 15 is 0 Å². The molecule has 1 aromatic heterocycles. The average molecular weight is 381 g/mol. The number of benzene rings is 2. The Kier molecular flexibility index (Phi) is 6.95. The minimum Gasteiger partial charge on any atom is -0.490 e. The van der Waals surface area contributed by atoms with Crippen molar-refractivity contribution in [1.29, 1.82) is 0 Å². The van der Waals surface area contributed by atoms with Gasteiger partial charge in [0.2, 0.25) is 0 Å². The second kappa shape index (κ2) is 10.1. The van der Waals surface area contributed by atoms with Gasteiger partial charge >= 0.3 is 0 Å². The second-order valence-electron chi connectivity index (χ2n) is 5.87. The van der Waals surface area contributed by atoms with Gasteiger partial charge in [-0.05, 0) is 49.4 Å². The summed E-state index contributed by atoms with van der Waals surface area (Å²) in [7, 11) is 0. The fourth-order valence-electron chi connectivity index (χ4n) is 2.55. The molecule has 1 heterocycles. The molecule has 3 aromatic rings. The van der Waals surface area contributed by atoms with E-state index in [-0.39, 0.29) is 5.91 Å². The van der Waals surface area contributed by atoms with E-state index in [2.05, 4.69) is 5.32 Å². The zero-order valence-corrected chi connectivity index (χ0v) is 15.7. The number of carbonyl (C=O) groups is 1. The molecule has 0 atom stereocenters. The van der Waals surface area contributed by atoms with Crippen molar-refractivity contribution in [1.82, 2.24) is 5.32 Å². The van der Waals surface area contributed by atoms with Crippen LogP contribution < -0.4 is 19.5 Å². The highest BCUT2D eigenvalue weighted by Crippen LogP contribution is 2.28. The number of hydrogen-bond acceptors (Lipinski definition) is 5. The van der Waals surface area contributed by atoms with Gasteiger partial charge in [0.15, 0.2) is 11.5 Å². The average Bonchev–Trinajstić information content (AvgIpc) is 3.25. The molecule has 1 amide bonds. The molecule has 0 unspecified atom stereocenters. The first-order valence-corrected chi connectivity index (χ1v) is 9.14. The number of nitrogens with one attached hydrogen (secondary N) is 1. The van der Waals surface area contributed by atoms with Crippen LogP contribution in [0.3, 0.4) is 0 Å². The fourth-order valence-corrected chi connectivity index (χ4v) is 2.55. The number of para-hydroxylation sites is 1. The molecule has 0 fully saturated rings. The van der Waals surface area contributed by atoms with Crippen LogP contribution in [0.5, 0.6) is 17.2 Å². The Morgan fingerprint density at radius 1 is 0.929 bits per heavy atom. The van der Waals surface area contributed by atoms with Gasteiger partial charge in [0.25, 0.3) is 5.91 Å². The maximum atomic E-state index is 12.4. The molecule has 6 heteroatoms. The summed E-state index contributed by atoms with van der Waals surface area (Å²) in [6, 6.07) is 18.2. The summed E-state index contributed by atoms with van der Waals surface area (Å²) in [6.45, 7) is 3.44. The van der Waals surface area contributed by atoms with Crippen molar-refractivity contribution in [2.75, 3.05) is 19.8 Å². The largest absolute Gasteiger partial charge is 0.490 e. The number of rotatable bonds is 10. The Morgan fingerprint density at radius 3 is 2.50 bits per heavy atom. The molecule has 0 aliphatic heterocycles. The molecule has 146 valence electrons. The van der Waals surface area contributed by atoms with Crippen LogP contribution in [0.4, 0.5) is 0 Å². The van der Waals surface area contributed by atoms with Crippen LogP contribution >= 0.6 is 0 Å². The highest BCUT2D eigenvalue weighted by Gasteiger charge is 2.12. The summed E-state index contributed by atoms with van der Waals surface area (Å²) in [5.41, 5.74) is 0.489. The molecule has 0 aliphatic rings. The number of furan rings is 1. The van der Waals surface area contributed by atoms with Gasteiger partial charge in [0, 0.05) is 5.56 Å². The smallest absolute Gasteiger partial charge is 0.251 e. The number of hydrogen-bond donors (Lipinski definition) is 1. The third-order valence-corrected chi connectivity index (χ3v) is 3.86. The number of carbonyl (C=O) groups excluding carboxylic acids is 1. The lowest BCUT2D eigenvalue weighted by atomic mass is 10.2. The quantitative estimate of drug-likeness (QED) is 0.536. The molecule has 0 saturated carbocycles. The highest BCUT2D eigenvalue weighted by molar-refractivity contribution is 5.94. The van der Waals surface area contributed by atoms with Crippen molar-refractivity contribution in [2.24, 2.45) is 0 Å². The number of amides is 1. The molecule has 0 aliphatic carbocycles. The minimum atomic E-state index is -0.212. The second-order valence-corrected chi connectivity index (χ2v) is 5.87. The summed E-state index contributed by atoms with van der Waals surface area (Å²) in [6.07, 6.45) is 1.57. The van der Waals surface area contributed by atoms with Crippen LogP contribution in [-0.2, 0) is 6.54 Å². The maximum Gasteiger partial charge on any atom is 0.251 e. The van der Waals surface area contributed by atoms with Gasteiger partial charge in [-0.2, -0.15) is 0 Å². The van der Waals surface area contributed by atoms with Crippen LogP contribution in [0.1, 0.15) is 23.0 Å². The molecule has 6 nitrogen and oxygen atoms in total. The van der Waals surface area contributed by atoms with Crippen molar-refractivity contribution in [3.63, 3.8) is 0 Å². The van der Waals surface area contributed by atoms with Gasteiger partial charge in [-0.25, -0.2) is 0 Å². The first-order chi connectivity index (χ1) is 13.8. The fraction of sp³-hybridized carbons (Fsp3) is 0.227. The first kappa shape index (κ1) is 19.4. The van der Waals surface area contributed by atoms with Gasteiger partial charge in [-0.3, -0.25) is 4.79 Å². The summed E-state index contributed by atoms with van der Waals surface area (Å²) in [5, 5.41) is 2.81. The third-order valence-electron chi connectivity index (χ3n) is 3.86. The van der Waals surface area contributed by atoms with E-state index in [1.807, 2.05) is 37.3 Å². The zero-order chi connectivity index (χ0) is 19.6. The van der Waals surface area contributed by atoms with Crippen LogP contribution in [0.25, 0.3) is 0 Å². The van der Waals surface area contributed by atoms with E-state index in [0.29, 0.717) is 49.2 Å². The Bertz CT molecular complexity index is 862. The van der Waals surface area contributed by atoms with E-state index in [4.69, 9.17) is 18.6 Å². The van der Waals surface area contributed by atoms with Gasteiger partial charge < -0.3 is 23.9 Å². The van der Waals surface area contributed by atoms with Crippen LogP contribution in [0.15, 0.2) is 71.3 Å². The monoisotopic (exact) mass is 381 g/mol. The van der Waals surface area contributed by atoms with Crippen molar-refractivity contribution in [3.05, 3.63) is 78.3 Å². The highest BCUT2D eigenvalue weighted by atomic mass is 16.5. The molecule has 0 bridgehead atoms. The predicted octanol–water partition coefficient (Wildman–Crippen LogP) is 4.07. The normalized spacial score (nSPS) is 10.3. The van der Waals surface area contributed by atoms with Crippen LogP contribution in [0.2, 0.25) is 0 Å². The SMILES string of the molecule is CCOc1cc(C(=O)NCc2ccco2)ccc1OCCOc1ccccc1. The molecule has 28 heavy (non-hydrogen) atoms. The zero-order valence-electron chi connectivity index (χ0n) is 15.7. The minimum absolute atomic E-state index is 0.212. The molecular weight excluding hydrogens is 358 g/mol. The van der Waals surface area contributed by atoms with E-state index in [1.54, 1.807) is 36.6 Å². The van der Waals surface area contributed by atoms with Gasteiger partial charge in [0.1, 0.15) is 24.7 Å². The molecule has 1 N–H and O–H groups in total. The molecule has 0 spiro atoms. The number of ether oxygens (including phenoxy) is 3. The Morgan fingerprint density at radius 2 is 1.75 bits per heavy atom. The van der Waals surface area contributed by atoms with Crippen molar-refractivity contribution in [3.8, 4) is 17.2 Å². The summed E-state index contributed by atoms with van der Waals surface area (Å²) >= 11 is 0.